The third kappa shape index (κ3) is 4.38. The van der Waals surface area contributed by atoms with Crippen LogP contribution >= 0.6 is 0 Å². The maximum absolute atomic E-state index is 2.34. The average molecular weight is 583 g/mol. The van der Waals surface area contributed by atoms with Crippen LogP contribution in [0.25, 0.3) is 87.6 Å². The second kappa shape index (κ2) is 10.9. The Kier molecular flexibility index (Phi) is 6.25. The molecule has 9 rings (SSSR count). The predicted molar refractivity (Wildman–Crippen MR) is 198 cm³/mol. The molecule has 214 valence electrons. The van der Waals surface area contributed by atoms with Crippen LogP contribution in [0.2, 0.25) is 0 Å². The summed E-state index contributed by atoms with van der Waals surface area (Å²) in [5.41, 5.74) is 9.99. The van der Waals surface area contributed by atoms with E-state index in [1.165, 1.54) is 87.6 Å². The van der Waals surface area contributed by atoms with Crippen LogP contribution in [0.5, 0.6) is 0 Å². The first-order valence-electron chi connectivity index (χ1n) is 15.9. The molecule has 9 aromatic carbocycles. The van der Waals surface area contributed by atoms with Crippen molar-refractivity contribution in [1.82, 2.24) is 0 Å². The molecule has 0 aromatic heterocycles. The Bertz CT molecular complexity index is 2510. The molecule has 0 heterocycles. The lowest BCUT2D eigenvalue weighted by Gasteiger charge is -2.18. The van der Waals surface area contributed by atoms with Crippen molar-refractivity contribution in [3.8, 4) is 44.5 Å². The largest absolute Gasteiger partial charge is 0.0616 e. The first kappa shape index (κ1) is 26.4. The second-order valence-electron chi connectivity index (χ2n) is 12.1. The van der Waals surface area contributed by atoms with Gasteiger partial charge in [0.15, 0.2) is 0 Å². The Morgan fingerprint density at radius 2 is 0.696 bits per heavy atom. The predicted octanol–water partition coefficient (Wildman–Crippen LogP) is 13.0. The molecule has 0 saturated heterocycles. The molecule has 0 N–H and O–H groups in total. The molecule has 0 aliphatic carbocycles. The van der Waals surface area contributed by atoms with Gasteiger partial charge in [0.1, 0.15) is 0 Å². The summed E-state index contributed by atoms with van der Waals surface area (Å²) in [6.07, 6.45) is 0. The van der Waals surface area contributed by atoms with Crippen LogP contribution in [0.3, 0.4) is 0 Å². The van der Waals surface area contributed by atoms with Gasteiger partial charge in [0.2, 0.25) is 0 Å². The van der Waals surface area contributed by atoms with Crippen molar-refractivity contribution in [3.05, 3.63) is 182 Å². The van der Waals surface area contributed by atoms with Gasteiger partial charge in [-0.15, -0.1) is 0 Å². The summed E-state index contributed by atoms with van der Waals surface area (Å²) in [6.45, 7) is 0. The minimum absolute atomic E-state index is 1.22. The van der Waals surface area contributed by atoms with E-state index < -0.39 is 0 Å². The van der Waals surface area contributed by atoms with Crippen LogP contribution in [0.15, 0.2) is 182 Å². The first-order valence-corrected chi connectivity index (χ1v) is 15.9. The van der Waals surface area contributed by atoms with Gasteiger partial charge in [0, 0.05) is 0 Å². The lowest BCUT2D eigenvalue weighted by atomic mass is 9.85. The van der Waals surface area contributed by atoms with E-state index in [0.29, 0.717) is 0 Å². The first-order chi connectivity index (χ1) is 22.8. The molecule has 0 atom stereocenters. The van der Waals surface area contributed by atoms with Gasteiger partial charge in [-0.25, -0.2) is 0 Å². The fourth-order valence-corrected chi connectivity index (χ4v) is 7.27. The van der Waals surface area contributed by atoms with Crippen molar-refractivity contribution in [2.75, 3.05) is 0 Å². The lowest BCUT2D eigenvalue weighted by molar-refractivity contribution is 1.60. The normalized spacial score (nSPS) is 11.5. The number of hydrogen-bond acceptors (Lipinski definition) is 0. The molecule has 46 heavy (non-hydrogen) atoms. The lowest BCUT2D eigenvalue weighted by Crippen LogP contribution is -1.91. The van der Waals surface area contributed by atoms with Gasteiger partial charge in [-0.2, -0.15) is 0 Å². The van der Waals surface area contributed by atoms with Crippen LogP contribution in [0.4, 0.5) is 0 Å². The standard InChI is InChI=1S/C46H30/c1-2-13-35-30-38(28-25-31(35)11-1)46-43-20-7-5-18-41(43)45(42-19-6-8-21-44(42)46)34-26-23-32(24-27-34)36-15-9-16-37(29-36)40-22-10-14-33-12-3-4-17-39(33)40/h1-30H. The summed E-state index contributed by atoms with van der Waals surface area (Å²) >= 11 is 0. The van der Waals surface area contributed by atoms with Crippen molar-refractivity contribution in [1.29, 1.82) is 0 Å². The number of fused-ring (bicyclic) bond motifs is 4. The zero-order valence-corrected chi connectivity index (χ0v) is 25.3. The monoisotopic (exact) mass is 582 g/mol. The Labute approximate surface area is 268 Å². The van der Waals surface area contributed by atoms with Gasteiger partial charge in [0.25, 0.3) is 0 Å². The number of rotatable bonds is 4. The Balaban J connectivity index is 1.18. The maximum atomic E-state index is 2.34. The highest BCUT2D eigenvalue weighted by Crippen LogP contribution is 2.44. The molecule has 0 aliphatic rings. The third-order valence-corrected chi connectivity index (χ3v) is 9.44. The van der Waals surface area contributed by atoms with Crippen LogP contribution in [-0.4, -0.2) is 0 Å². The van der Waals surface area contributed by atoms with Crippen LogP contribution < -0.4 is 0 Å². The highest BCUT2D eigenvalue weighted by molar-refractivity contribution is 6.21. The van der Waals surface area contributed by atoms with Gasteiger partial charge >= 0.3 is 0 Å². The topological polar surface area (TPSA) is 0 Å². The van der Waals surface area contributed by atoms with Crippen LogP contribution in [-0.2, 0) is 0 Å². The summed E-state index contributed by atoms with van der Waals surface area (Å²) in [6, 6.07) is 66.5. The highest BCUT2D eigenvalue weighted by atomic mass is 14.2. The third-order valence-electron chi connectivity index (χ3n) is 9.44. The van der Waals surface area contributed by atoms with E-state index in [1.807, 2.05) is 0 Å². The van der Waals surface area contributed by atoms with Crippen LogP contribution in [0, 0.1) is 0 Å². The van der Waals surface area contributed by atoms with E-state index >= 15 is 0 Å². The Morgan fingerprint density at radius 1 is 0.217 bits per heavy atom. The minimum atomic E-state index is 1.22. The molecule has 0 fully saturated rings. The zero-order valence-electron chi connectivity index (χ0n) is 25.3. The van der Waals surface area contributed by atoms with Gasteiger partial charge in [-0.05, 0) is 99.7 Å². The second-order valence-corrected chi connectivity index (χ2v) is 12.1. The minimum Gasteiger partial charge on any atom is -0.0616 e. The highest BCUT2D eigenvalue weighted by Gasteiger charge is 2.17. The summed E-state index contributed by atoms with van der Waals surface area (Å²) in [7, 11) is 0. The molecule has 0 aliphatic heterocycles. The van der Waals surface area contributed by atoms with E-state index in [9.17, 15) is 0 Å². The molecule has 9 aromatic rings. The van der Waals surface area contributed by atoms with Crippen molar-refractivity contribution in [2.45, 2.75) is 0 Å². The molecular weight excluding hydrogens is 553 g/mol. The van der Waals surface area contributed by atoms with Gasteiger partial charge in [0.05, 0.1) is 0 Å². The van der Waals surface area contributed by atoms with Gasteiger partial charge in [-0.3, -0.25) is 0 Å². The van der Waals surface area contributed by atoms with Crippen molar-refractivity contribution in [2.24, 2.45) is 0 Å². The van der Waals surface area contributed by atoms with E-state index in [2.05, 4.69) is 182 Å². The fourth-order valence-electron chi connectivity index (χ4n) is 7.27. The molecule has 0 saturated carbocycles. The Hall–Kier alpha value is -5.98. The van der Waals surface area contributed by atoms with Gasteiger partial charge in [-0.1, -0.05) is 170 Å². The maximum Gasteiger partial charge on any atom is -0.00262 e. The Morgan fingerprint density at radius 3 is 1.39 bits per heavy atom. The van der Waals surface area contributed by atoms with Crippen LogP contribution in [0.1, 0.15) is 0 Å². The summed E-state index contributed by atoms with van der Waals surface area (Å²) < 4.78 is 0. The number of benzene rings is 9. The molecule has 0 heteroatoms. The quantitative estimate of drug-likeness (QED) is 0.181. The molecular formula is C46H30. The van der Waals surface area contributed by atoms with Crippen molar-refractivity contribution >= 4 is 43.1 Å². The summed E-state index contributed by atoms with van der Waals surface area (Å²) in [4.78, 5) is 0. The smallest absolute Gasteiger partial charge is 0.00262 e. The summed E-state index contributed by atoms with van der Waals surface area (Å²) in [5.74, 6) is 0. The number of hydrogen-bond donors (Lipinski definition) is 0. The molecule has 0 unspecified atom stereocenters. The van der Waals surface area contributed by atoms with Crippen molar-refractivity contribution in [3.63, 3.8) is 0 Å². The molecule has 0 nitrogen and oxygen atoms in total. The molecule has 0 radical (unpaired) electrons. The zero-order chi connectivity index (χ0) is 30.5. The molecule has 0 amide bonds. The van der Waals surface area contributed by atoms with E-state index in [1.54, 1.807) is 0 Å². The average Bonchev–Trinajstić information content (AvgIpc) is 3.13. The summed E-state index contributed by atoms with van der Waals surface area (Å²) in [5, 5.41) is 10.2. The molecule has 0 bridgehead atoms. The van der Waals surface area contributed by atoms with E-state index in [4.69, 9.17) is 0 Å². The van der Waals surface area contributed by atoms with E-state index in [-0.39, 0.29) is 0 Å². The van der Waals surface area contributed by atoms with E-state index in [0.717, 1.165) is 0 Å². The fraction of sp³-hybridized carbons (Fsp3) is 0. The molecule has 0 spiro atoms. The SMILES string of the molecule is c1cc(-c2ccc(-c3c4ccccc4c(-c4ccc5ccccc5c4)c4ccccc34)cc2)cc(-c2cccc3ccccc23)c1. The van der Waals surface area contributed by atoms with Crippen molar-refractivity contribution < 1.29 is 0 Å². The van der Waals surface area contributed by atoms with Gasteiger partial charge < -0.3 is 0 Å².